The molecule has 0 bridgehead atoms. The summed E-state index contributed by atoms with van der Waals surface area (Å²) in [7, 11) is 0. The van der Waals surface area contributed by atoms with Crippen molar-refractivity contribution in [3.8, 4) is 11.8 Å². The molecule has 1 saturated carbocycles. The van der Waals surface area contributed by atoms with Gasteiger partial charge in [0.1, 0.15) is 17.4 Å². The zero-order chi connectivity index (χ0) is 17.6. The second kappa shape index (κ2) is 8.16. The molecule has 1 N–H and O–H groups in total. The predicted molar refractivity (Wildman–Crippen MR) is 92.9 cm³/mol. The van der Waals surface area contributed by atoms with Crippen LogP contribution in [0.25, 0.3) is 0 Å². The van der Waals surface area contributed by atoms with E-state index in [9.17, 15) is 10.1 Å². The number of nitrogens with zero attached hydrogens (tertiary/aromatic N) is 1. The van der Waals surface area contributed by atoms with E-state index in [2.05, 4.69) is 18.3 Å². The summed E-state index contributed by atoms with van der Waals surface area (Å²) in [5.41, 5.74) is 0.102. The van der Waals surface area contributed by atoms with Crippen LogP contribution in [-0.2, 0) is 9.53 Å². The van der Waals surface area contributed by atoms with Crippen LogP contribution in [-0.4, -0.2) is 24.7 Å². The van der Waals surface area contributed by atoms with Crippen LogP contribution in [0.2, 0.25) is 0 Å². The maximum atomic E-state index is 12.9. The van der Waals surface area contributed by atoms with Crippen LogP contribution in [0.3, 0.4) is 0 Å². The summed E-state index contributed by atoms with van der Waals surface area (Å²) in [5.74, 6) is 0.918. The highest BCUT2D eigenvalue weighted by molar-refractivity contribution is 5.98. The molecule has 5 nitrogen and oxygen atoms in total. The number of hydrogen-bond acceptors (Lipinski definition) is 4. The number of hydrogen-bond donors (Lipinski definition) is 1. The van der Waals surface area contributed by atoms with Gasteiger partial charge in [-0.05, 0) is 57.2 Å². The molecular weight excluding hydrogens is 304 g/mol. The van der Waals surface area contributed by atoms with E-state index >= 15 is 0 Å². The molecule has 1 fully saturated rings. The number of nitrogens with one attached hydrogen (secondary N) is 1. The predicted octanol–water partition coefficient (Wildman–Crippen LogP) is 3.88. The summed E-state index contributed by atoms with van der Waals surface area (Å²) in [5, 5.41) is 12.3. The lowest BCUT2D eigenvalue weighted by molar-refractivity contribution is -0.147. The van der Waals surface area contributed by atoms with Crippen LogP contribution in [0, 0.1) is 17.2 Å². The lowest BCUT2D eigenvalue weighted by atomic mass is 9.78. The summed E-state index contributed by atoms with van der Waals surface area (Å²) in [6, 6.07) is 7.25. The molecule has 0 aliphatic heterocycles. The fourth-order valence-corrected chi connectivity index (χ4v) is 3.40. The van der Waals surface area contributed by atoms with Gasteiger partial charge in [0, 0.05) is 6.61 Å². The molecule has 0 unspecified atom stereocenters. The number of carbonyl (C=O) groups excluding carboxylic acids is 1. The van der Waals surface area contributed by atoms with Crippen molar-refractivity contribution in [1.82, 2.24) is 0 Å². The average Bonchev–Trinajstić information content (AvgIpc) is 2.56. The van der Waals surface area contributed by atoms with E-state index < -0.39 is 5.60 Å². The van der Waals surface area contributed by atoms with Gasteiger partial charge in [-0.2, -0.15) is 5.26 Å². The molecule has 5 heteroatoms. The molecule has 0 spiro atoms. The van der Waals surface area contributed by atoms with Crippen LogP contribution in [0.15, 0.2) is 18.2 Å². The minimum absolute atomic E-state index is 0.156. The number of anilines is 1. The Morgan fingerprint density at radius 1 is 1.42 bits per heavy atom. The van der Waals surface area contributed by atoms with Crippen molar-refractivity contribution in [1.29, 1.82) is 5.26 Å². The van der Waals surface area contributed by atoms with Crippen molar-refractivity contribution in [2.24, 2.45) is 5.92 Å². The van der Waals surface area contributed by atoms with Crippen LogP contribution >= 0.6 is 0 Å². The second-order valence-electron chi connectivity index (χ2n) is 6.34. The molecule has 0 radical (unpaired) electrons. The standard InChI is InChI=1S/C19H26N2O3/c1-4-23-16-8-9-17(15(11-16)13-20)21-18(22)19(24-5-2)10-6-7-14(3)12-19/h8-9,11,14H,4-7,10,12H2,1-3H3,(H,21,22)/t14-,19-/m1/s1. The van der Waals surface area contributed by atoms with Gasteiger partial charge in [-0.25, -0.2) is 0 Å². The lowest BCUT2D eigenvalue weighted by Crippen LogP contribution is -2.48. The number of rotatable bonds is 6. The van der Waals surface area contributed by atoms with E-state index in [0.717, 1.165) is 19.3 Å². The maximum absolute atomic E-state index is 12.9. The van der Waals surface area contributed by atoms with Gasteiger partial charge in [0.05, 0.1) is 17.9 Å². The molecule has 2 rings (SSSR count). The number of ether oxygens (including phenoxy) is 2. The number of carbonyl (C=O) groups is 1. The van der Waals surface area contributed by atoms with E-state index in [1.54, 1.807) is 18.2 Å². The molecular formula is C19H26N2O3. The van der Waals surface area contributed by atoms with Crippen LogP contribution in [0.5, 0.6) is 5.75 Å². The van der Waals surface area contributed by atoms with E-state index in [1.807, 2.05) is 13.8 Å². The number of nitriles is 1. The highest BCUT2D eigenvalue weighted by Crippen LogP contribution is 2.36. The Hall–Kier alpha value is -2.06. The Bertz CT molecular complexity index is 620. The fourth-order valence-electron chi connectivity index (χ4n) is 3.40. The molecule has 1 aromatic rings. The number of amides is 1. The topological polar surface area (TPSA) is 71.3 Å². The Morgan fingerprint density at radius 2 is 2.21 bits per heavy atom. The van der Waals surface area contributed by atoms with Crippen LogP contribution in [0.4, 0.5) is 5.69 Å². The highest BCUT2D eigenvalue weighted by Gasteiger charge is 2.42. The minimum atomic E-state index is -0.794. The largest absolute Gasteiger partial charge is 0.494 e. The molecule has 0 heterocycles. The van der Waals surface area contributed by atoms with Gasteiger partial charge < -0.3 is 14.8 Å². The Labute approximate surface area is 144 Å². The van der Waals surface area contributed by atoms with Crippen molar-refractivity contribution in [3.05, 3.63) is 23.8 Å². The molecule has 1 aliphatic rings. The Kier molecular flexibility index (Phi) is 6.22. The van der Waals surface area contributed by atoms with Gasteiger partial charge in [0.2, 0.25) is 0 Å². The molecule has 0 saturated heterocycles. The molecule has 1 aromatic carbocycles. The Morgan fingerprint density at radius 3 is 2.83 bits per heavy atom. The van der Waals surface area contributed by atoms with E-state index in [0.29, 0.717) is 42.6 Å². The summed E-state index contributed by atoms with van der Waals surface area (Å²) in [4.78, 5) is 12.9. The smallest absolute Gasteiger partial charge is 0.256 e. The molecule has 2 atom stereocenters. The van der Waals surface area contributed by atoms with E-state index in [1.165, 1.54) is 0 Å². The highest BCUT2D eigenvalue weighted by atomic mass is 16.5. The quantitative estimate of drug-likeness (QED) is 0.859. The summed E-state index contributed by atoms with van der Waals surface area (Å²) >= 11 is 0. The zero-order valence-electron chi connectivity index (χ0n) is 14.7. The van der Waals surface area contributed by atoms with Gasteiger partial charge in [-0.3, -0.25) is 4.79 Å². The zero-order valence-corrected chi connectivity index (χ0v) is 14.7. The van der Waals surface area contributed by atoms with Crippen molar-refractivity contribution in [2.75, 3.05) is 18.5 Å². The van der Waals surface area contributed by atoms with Crippen molar-refractivity contribution < 1.29 is 14.3 Å². The molecule has 0 aromatic heterocycles. The normalized spacial score (nSPS) is 23.3. The first-order valence-electron chi connectivity index (χ1n) is 8.67. The van der Waals surface area contributed by atoms with Crippen LogP contribution in [0.1, 0.15) is 52.0 Å². The molecule has 1 amide bonds. The summed E-state index contributed by atoms with van der Waals surface area (Å²) < 4.78 is 11.3. The van der Waals surface area contributed by atoms with Gasteiger partial charge in [0.25, 0.3) is 5.91 Å². The lowest BCUT2D eigenvalue weighted by Gasteiger charge is -2.38. The minimum Gasteiger partial charge on any atom is -0.494 e. The average molecular weight is 330 g/mol. The van der Waals surface area contributed by atoms with Crippen molar-refractivity contribution >= 4 is 11.6 Å². The van der Waals surface area contributed by atoms with Gasteiger partial charge in [-0.15, -0.1) is 0 Å². The van der Waals surface area contributed by atoms with Gasteiger partial charge in [0.15, 0.2) is 0 Å². The fraction of sp³-hybridized carbons (Fsp3) is 0.579. The summed E-state index contributed by atoms with van der Waals surface area (Å²) in [6.45, 7) is 6.97. The van der Waals surface area contributed by atoms with Crippen molar-refractivity contribution in [3.63, 3.8) is 0 Å². The SMILES string of the molecule is CCOc1ccc(NC(=O)[C@@]2(OCC)CCC[C@@H](C)C2)c(C#N)c1. The van der Waals surface area contributed by atoms with E-state index in [4.69, 9.17) is 9.47 Å². The first-order valence-corrected chi connectivity index (χ1v) is 8.67. The van der Waals surface area contributed by atoms with Gasteiger partial charge >= 0.3 is 0 Å². The second-order valence-corrected chi connectivity index (χ2v) is 6.34. The molecule has 1 aliphatic carbocycles. The first-order chi connectivity index (χ1) is 11.5. The first kappa shape index (κ1) is 18.3. The number of benzene rings is 1. The van der Waals surface area contributed by atoms with E-state index in [-0.39, 0.29) is 5.91 Å². The third kappa shape index (κ3) is 4.07. The van der Waals surface area contributed by atoms with Crippen LogP contribution < -0.4 is 10.1 Å². The summed E-state index contributed by atoms with van der Waals surface area (Å²) in [6.07, 6.45) is 3.53. The van der Waals surface area contributed by atoms with Gasteiger partial charge in [-0.1, -0.05) is 13.3 Å². The Balaban J connectivity index is 2.22. The third-order valence-electron chi connectivity index (χ3n) is 4.46. The molecule has 24 heavy (non-hydrogen) atoms. The van der Waals surface area contributed by atoms with Crippen molar-refractivity contribution in [2.45, 2.75) is 52.1 Å². The molecule has 130 valence electrons. The monoisotopic (exact) mass is 330 g/mol. The third-order valence-corrected chi connectivity index (χ3v) is 4.46. The maximum Gasteiger partial charge on any atom is 0.256 e.